The van der Waals surface area contributed by atoms with Gasteiger partial charge < -0.3 is 15.7 Å². The molecule has 1 heterocycles. The number of aliphatic hydroxyl groups is 1. The van der Waals surface area contributed by atoms with E-state index in [0.717, 1.165) is 18.1 Å². The second-order valence-corrected chi connectivity index (χ2v) is 5.67. The number of carbonyl (C=O) groups is 1. The van der Waals surface area contributed by atoms with Gasteiger partial charge >= 0.3 is 0 Å². The van der Waals surface area contributed by atoms with Gasteiger partial charge in [-0.25, -0.2) is 9.67 Å². The topological polar surface area (TPSA) is 92.1 Å². The number of benzene rings is 1. The maximum absolute atomic E-state index is 11.9. The molecule has 1 amide bonds. The molecule has 2 rings (SSSR count). The number of hydrogen-bond donors (Lipinski definition) is 3. The van der Waals surface area contributed by atoms with Crippen LogP contribution in [0.5, 0.6) is 0 Å². The van der Waals surface area contributed by atoms with Crippen LogP contribution in [0, 0.1) is 5.92 Å². The zero-order valence-corrected chi connectivity index (χ0v) is 13.5. The number of rotatable bonds is 8. The lowest BCUT2D eigenvalue weighted by Gasteiger charge is -2.11. The fourth-order valence-electron chi connectivity index (χ4n) is 2.15. The van der Waals surface area contributed by atoms with Crippen molar-refractivity contribution >= 4 is 11.6 Å². The van der Waals surface area contributed by atoms with Crippen molar-refractivity contribution in [3.05, 3.63) is 42.0 Å². The maximum atomic E-state index is 11.9. The third-order valence-corrected chi connectivity index (χ3v) is 3.21. The van der Waals surface area contributed by atoms with Crippen LogP contribution in [0.1, 0.15) is 30.0 Å². The van der Waals surface area contributed by atoms with E-state index in [1.165, 1.54) is 0 Å². The summed E-state index contributed by atoms with van der Waals surface area (Å²) in [6.45, 7) is 5.79. The highest BCUT2D eigenvalue weighted by molar-refractivity contribution is 5.95. The highest BCUT2D eigenvalue weighted by Crippen LogP contribution is 2.12. The molecule has 7 heteroatoms. The number of aliphatic hydroxyl groups excluding tert-OH is 1. The SMILES string of the molecule is CC(C)Cn1ncnc1CNc1cccc(C(=O)NCCO)c1. The van der Waals surface area contributed by atoms with E-state index in [0.29, 0.717) is 18.0 Å². The predicted octanol–water partition coefficient (Wildman–Crippen LogP) is 1.27. The number of nitrogens with zero attached hydrogens (tertiary/aromatic N) is 3. The van der Waals surface area contributed by atoms with Crippen LogP contribution in [0.25, 0.3) is 0 Å². The standard InChI is InChI=1S/C16H23N5O2/c1-12(2)10-21-15(19-11-20-21)9-18-14-5-3-4-13(8-14)16(23)17-6-7-22/h3-5,8,11-12,18,22H,6-7,9-10H2,1-2H3,(H,17,23). The molecule has 0 bridgehead atoms. The second-order valence-electron chi connectivity index (χ2n) is 5.67. The van der Waals surface area contributed by atoms with Crippen molar-refractivity contribution < 1.29 is 9.90 Å². The summed E-state index contributed by atoms with van der Waals surface area (Å²) in [7, 11) is 0. The summed E-state index contributed by atoms with van der Waals surface area (Å²) >= 11 is 0. The molecule has 0 fully saturated rings. The van der Waals surface area contributed by atoms with Crippen molar-refractivity contribution in [1.82, 2.24) is 20.1 Å². The normalized spacial score (nSPS) is 10.8. The van der Waals surface area contributed by atoms with Crippen molar-refractivity contribution in [2.24, 2.45) is 5.92 Å². The molecule has 124 valence electrons. The van der Waals surface area contributed by atoms with E-state index in [-0.39, 0.29) is 19.1 Å². The van der Waals surface area contributed by atoms with E-state index >= 15 is 0 Å². The Morgan fingerprint density at radius 3 is 2.96 bits per heavy atom. The van der Waals surface area contributed by atoms with Gasteiger partial charge in [0.15, 0.2) is 0 Å². The minimum absolute atomic E-state index is 0.0742. The number of hydrogen-bond acceptors (Lipinski definition) is 5. The third-order valence-electron chi connectivity index (χ3n) is 3.21. The molecule has 1 aromatic carbocycles. The van der Waals surface area contributed by atoms with Gasteiger partial charge in [-0.05, 0) is 24.1 Å². The van der Waals surface area contributed by atoms with Crippen LogP contribution in [0.2, 0.25) is 0 Å². The van der Waals surface area contributed by atoms with Gasteiger partial charge in [0.25, 0.3) is 5.91 Å². The molecule has 23 heavy (non-hydrogen) atoms. The van der Waals surface area contributed by atoms with E-state index in [4.69, 9.17) is 5.11 Å². The Morgan fingerprint density at radius 1 is 1.39 bits per heavy atom. The summed E-state index contributed by atoms with van der Waals surface area (Å²) in [6, 6.07) is 7.22. The Labute approximate surface area is 135 Å². The zero-order chi connectivity index (χ0) is 16.7. The highest BCUT2D eigenvalue weighted by Gasteiger charge is 2.08. The van der Waals surface area contributed by atoms with Crippen molar-refractivity contribution in [2.45, 2.75) is 26.9 Å². The van der Waals surface area contributed by atoms with Crippen LogP contribution >= 0.6 is 0 Å². The number of carbonyl (C=O) groups excluding carboxylic acids is 1. The first-order valence-electron chi connectivity index (χ1n) is 7.70. The third kappa shape index (κ3) is 5.07. The van der Waals surface area contributed by atoms with E-state index in [2.05, 4.69) is 34.6 Å². The summed E-state index contributed by atoms with van der Waals surface area (Å²) in [6.07, 6.45) is 1.55. The molecule has 3 N–H and O–H groups in total. The van der Waals surface area contributed by atoms with Gasteiger partial charge in [-0.3, -0.25) is 4.79 Å². The Kier molecular flexibility index (Phi) is 6.10. The van der Waals surface area contributed by atoms with Crippen LogP contribution < -0.4 is 10.6 Å². The largest absolute Gasteiger partial charge is 0.395 e. The summed E-state index contributed by atoms with van der Waals surface area (Å²) in [4.78, 5) is 16.2. The second kappa shape index (κ2) is 8.28. The summed E-state index contributed by atoms with van der Waals surface area (Å²) < 4.78 is 1.88. The first-order chi connectivity index (χ1) is 11.1. The van der Waals surface area contributed by atoms with Crippen LogP contribution in [-0.4, -0.2) is 38.9 Å². The van der Waals surface area contributed by atoms with E-state index in [1.807, 2.05) is 16.8 Å². The molecule has 0 saturated heterocycles. The van der Waals surface area contributed by atoms with Crippen molar-refractivity contribution in [3.8, 4) is 0 Å². The highest BCUT2D eigenvalue weighted by atomic mass is 16.3. The van der Waals surface area contributed by atoms with Gasteiger partial charge in [0.05, 0.1) is 13.2 Å². The molecule has 1 aromatic heterocycles. The van der Waals surface area contributed by atoms with E-state index in [1.54, 1.807) is 18.5 Å². The molecule has 0 saturated carbocycles. The molecular formula is C16H23N5O2. The summed E-state index contributed by atoms with van der Waals surface area (Å²) in [5.74, 6) is 1.15. The summed E-state index contributed by atoms with van der Waals surface area (Å²) in [5, 5.41) is 18.9. The van der Waals surface area contributed by atoms with Crippen LogP contribution in [-0.2, 0) is 13.1 Å². The van der Waals surface area contributed by atoms with Gasteiger partial charge in [-0.2, -0.15) is 5.10 Å². The van der Waals surface area contributed by atoms with Gasteiger partial charge in [0.2, 0.25) is 0 Å². The number of amides is 1. The minimum Gasteiger partial charge on any atom is -0.395 e. The fraction of sp³-hybridized carbons (Fsp3) is 0.438. The zero-order valence-electron chi connectivity index (χ0n) is 13.5. The monoisotopic (exact) mass is 317 g/mol. The van der Waals surface area contributed by atoms with Crippen molar-refractivity contribution in [3.63, 3.8) is 0 Å². The molecule has 0 aliphatic rings. The Bertz CT molecular complexity index is 639. The lowest BCUT2D eigenvalue weighted by atomic mass is 10.2. The summed E-state index contributed by atoms with van der Waals surface area (Å²) in [5.41, 5.74) is 1.38. The van der Waals surface area contributed by atoms with Gasteiger partial charge in [0, 0.05) is 24.3 Å². The number of nitrogens with one attached hydrogen (secondary N) is 2. The molecular weight excluding hydrogens is 294 g/mol. The smallest absolute Gasteiger partial charge is 0.251 e. The molecule has 0 unspecified atom stereocenters. The average molecular weight is 317 g/mol. The molecule has 0 aliphatic heterocycles. The Balaban J connectivity index is 1.98. The first kappa shape index (κ1) is 17.0. The van der Waals surface area contributed by atoms with Gasteiger partial charge in [0.1, 0.15) is 12.2 Å². The maximum Gasteiger partial charge on any atom is 0.251 e. The van der Waals surface area contributed by atoms with Crippen LogP contribution in [0.4, 0.5) is 5.69 Å². The van der Waals surface area contributed by atoms with Crippen molar-refractivity contribution in [1.29, 1.82) is 0 Å². The lowest BCUT2D eigenvalue weighted by Crippen LogP contribution is -2.26. The van der Waals surface area contributed by atoms with Crippen LogP contribution in [0.3, 0.4) is 0 Å². The van der Waals surface area contributed by atoms with E-state index in [9.17, 15) is 4.79 Å². The van der Waals surface area contributed by atoms with Crippen LogP contribution in [0.15, 0.2) is 30.6 Å². The molecule has 0 aliphatic carbocycles. The molecule has 2 aromatic rings. The number of aromatic nitrogens is 3. The first-order valence-corrected chi connectivity index (χ1v) is 7.70. The van der Waals surface area contributed by atoms with E-state index < -0.39 is 0 Å². The van der Waals surface area contributed by atoms with Gasteiger partial charge in [-0.15, -0.1) is 0 Å². The number of anilines is 1. The molecule has 0 radical (unpaired) electrons. The Hall–Kier alpha value is -2.41. The van der Waals surface area contributed by atoms with Crippen molar-refractivity contribution in [2.75, 3.05) is 18.5 Å². The lowest BCUT2D eigenvalue weighted by molar-refractivity contribution is 0.0945. The molecule has 0 atom stereocenters. The molecule has 7 nitrogen and oxygen atoms in total. The van der Waals surface area contributed by atoms with Gasteiger partial charge in [-0.1, -0.05) is 19.9 Å². The Morgan fingerprint density at radius 2 is 2.22 bits per heavy atom. The predicted molar refractivity (Wildman–Crippen MR) is 88.0 cm³/mol. The quantitative estimate of drug-likeness (QED) is 0.682. The average Bonchev–Trinajstić information content (AvgIpc) is 2.97. The molecule has 0 spiro atoms. The minimum atomic E-state index is -0.203. The fourth-order valence-corrected chi connectivity index (χ4v) is 2.15.